The minimum atomic E-state index is -0.230. The van der Waals surface area contributed by atoms with E-state index in [1.807, 2.05) is 30.3 Å². The molecule has 27 heavy (non-hydrogen) atoms. The molecule has 4 rings (SSSR count). The maximum atomic E-state index is 13.1. The maximum Gasteiger partial charge on any atom is 0.134 e. The van der Waals surface area contributed by atoms with E-state index in [4.69, 9.17) is 9.15 Å². The smallest absolute Gasteiger partial charge is 0.134 e. The summed E-state index contributed by atoms with van der Waals surface area (Å²) in [4.78, 5) is 2.31. The summed E-state index contributed by atoms with van der Waals surface area (Å²) in [6, 6.07) is 14.4. The number of hydrogen-bond donors (Lipinski definition) is 1. The zero-order chi connectivity index (χ0) is 18.9. The molecule has 1 aromatic heterocycles. The summed E-state index contributed by atoms with van der Waals surface area (Å²) >= 11 is 0. The van der Waals surface area contributed by atoms with Crippen LogP contribution >= 0.6 is 0 Å². The van der Waals surface area contributed by atoms with E-state index in [9.17, 15) is 9.50 Å². The van der Waals surface area contributed by atoms with Crippen LogP contribution in [0.4, 0.5) is 4.39 Å². The lowest BCUT2D eigenvalue weighted by molar-refractivity contribution is 0.125. The number of halogens is 1. The van der Waals surface area contributed by atoms with E-state index in [-0.39, 0.29) is 17.8 Å². The van der Waals surface area contributed by atoms with Crippen LogP contribution in [0.3, 0.4) is 0 Å². The first kappa shape index (κ1) is 18.0. The molecule has 0 radical (unpaired) electrons. The highest BCUT2D eigenvalue weighted by molar-refractivity contribution is 5.79. The fraction of sp³-hybridized carbons (Fsp3) is 0.364. The lowest BCUT2D eigenvalue weighted by Gasteiger charge is -2.27. The van der Waals surface area contributed by atoms with Crippen molar-refractivity contribution >= 4 is 11.0 Å². The molecule has 2 aromatic carbocycles. The predicted molar refractivity (Wildman–Crippen MR) is 102 cm³/mol. The molecule has 0 bridgehead atoms. The molecule has 0 aliphatic carbocycles. The Hall–Kier alpha value is -2.37. The Balaban J connectivity index is 1.45. The van der Waals surface area contributed by atoms with Gasteiger partial charge in [0.1, 0.15) is 22.9 Å². The van der Waals surface area contributed by atoms with Gasteiger partial charge in [0.05, 0.1) is 20.3 Å². The molecule has 142 valence electrons. The standard InChI is InChI=1S/C22H24FNO3/c1-26-19-6-7-21-17(10-19)11-20(27-21)13-24-9-8-22(14-24,15-25)12-16-2-4-18(23)5-3-16/h2-7,10-11,25H,8-9,12-15H2,1H3. The largest absolute Gasteiger partial charge is 0.497 e. The number of likely N-dealkylation sites (tertiary alicyclic amines) is 1. The SMILES string of the molecule is COc1ccc2oc(CN3CCC(CO)(Cc4ccc(F)cc4)C3)cc2c1. The molecule has 0 spiro atoms. The number of hydrogen-bond acceptors (Lipinski definition) is 4. The van der Waals surface area contributed by atoms with Gasteiger partial charge in [0.25, 0.3) is 0 Å². The van der Waals surface area contributed by atoms with Gasteiger partial charge in [-0.3, -0.25) is 4.90 Å². The fourth-order valence-corrected chi connectivity index (χ4v) is 4.03. The zero-order valence-electron chi connectivity index (χ0n) is 15.5. The summed E-state index contributed by atoms with van der Waals surface area (Å²) in [5.74, 6) is 1.50. The summed E-state index contributed by atoms with van der Waals surface area (Å²) in [6.45, 7) is 2.53. The Morgan fingerprint density at radius 3 is 2.74 bits per heavy atom. The second kappa shape index (κ2) is 7.33. The van der Waals surface area contributed by atoms with Gasteiger partial charge in [-0.25, -0.2) is 4.39 Å². The van der Waals surface area contributed by atoms with Gasteiger partial charge in [-0.1, -0.05) is 12.1 Å². The van der Waals surface area contributed by atoms with E-state index < -0.39 is 0 Å². The number of aliphatic hydroxyl groups is 1. The molecule has 3 aromatic rings. The molecule has 0 amide bonds. The van der Waals surface area contributed by atoms with E-state index in [0.717, 1.165) is 54.0 Å². The topological polar surface area (TPSA) is 45.8 Å². The van der Waals surface area contributed by atoms with Gasteiger partial charge in [-0.05, 0) is 61.3 Å². The molecule has 1 fully saturated rings. The molecule has 1 unspecified atom stereocenters. The highest BCUT2D eigenvalue weighted by Gasteiger charge is 2.37. The lowest BCUT2D eigenvalue weighted by atomic mass is 9.81. The van der Waals surface area contributed by atoms with Crippen molar-refractivity contribution in [3.05, 3.63) is 65.7 Å². The van der Waals surface area contributed by atoms with Crippen molar-refractivity contribution in [2.24, 2.45) is 5.41 Å². The highest BCUT2D eigenvalue weighted by atomic mass is 19.1. The average Bonchev–Trinajstić information content (AvgIpc) is 3.27. The number of aliphatic hydroxyl groups excluding tert-OH is 1. The Labute approximate surface area is 158 Å². The molecule has 4 nitrogen and oxygen atoms in total. The molecule has 5 heteroatoms. The van der Waals surface area contributed by atoms with Crippen LogP contribution < -0.4 is 4.74 Å². The number of furan rings is 1. The lowest BCUT2D eigenvalue weighted by Crippen LogP contribution is -2.32. The molecule has 2 heterocycles. The molecule has 1 atom stereocenters. The van der Waals surface area contributed by atoms with Gasteiger partial charge < -0.3 is 14.3 Å². The number of benzene rings is 2. The summed E-state index contributed by atoms with van der Waals surface area (Å²) in [7, 11) is 1.65. The highest BCUT2D eigenvalue weighted by Crippen LogP contribution is 2.35. The maximum absolute atomic E-state index is 13.1. The molecule has 1 aliphatic heterocycles. The van der Waals surface area contributed by atoms with Crippen LogP contribution in [0, 0.1) is 11.2 Å². The van der Waals surface area contributed by atoms with Crippen LogP contribution in [0.1, 0.15) is 17.7 Å². The molecule has 0 saturated carbocycles. The van der Waals surface area contributed by atoms with Crippen molar-refractivity contribution in [1.82, 2.24) is 4.90 Å². The fourth-order valence-electron chi connectivity index (χ4n) is 4.03. The first-order valence-corrected chi connectivity index (χ1v) is 9.23. The third kappa shape index (κ3) is 3.84. The van der Waals surface area contributed by atoms with Gasteiger partial charge in [-0.2, -0.15) is 0 Å². The van der Waals surface area contributed by atoms with Gasteiger partial charge in [-0.15, -0.1) is 0 Å². The molecular weight excluding hydrogens is 345 g/mol. The van der Waals surface area contributed by atoms with Gasteiger partial charge in [0.2, 0.25) is 0 Å². The van der Waals surface area contributed by atoms with E-state index in [1.54, 1.807) is 7.11 Å². The van der Waals surface area contributed by atoms with Crippen molar-refractivity contribution < 1.29 is 18.7 Å². The van der Waals surface area contributed by atoms with Crippen molar-refractivity contribution in [2.45, 2.75) is 19.4 Å². The van der Waals surface area contributed by atoms with Crippen molar-refractivity contribution in [3.63, 3.8) is 0 Å². The number of ether oxygens (including phenoxy) is 1. The second-order valence-electron chi connectivity index (χ2n) is 7.54. The summed E-state index contributed by atoms with van der Waals surface area (Å²) in [6.07, 6.45) is 1.66. The summed E-state index contributed by atoms with van der Waals surface area (Å²) < 4.78 is 24.4. The molecular formula is C22H24FNO3. The monoisotopic (exact) mass is 369 g/mol. The Morgan fingerprint density at radius 2 is 2.00 bits per heavy atom. The van der Waals surface area contributed by atoms with E-state index in [0.29, 0.717) is 6.54 Å². The molecule has 1 aliphatic rings. The first-order chi connectivity index (χ1) is 13.1. The number of rotatable bonds is 6. The Kier molecular flexibility index (Phi) is 4.89. The van der Waals surface area contributed by atoms with Gasteiger partial charge in [0, 0.05) is 17.3 Å². The summed E-state index contributed by atoms with van der Waals surface area (Å²) in [5.41, 5.74) is 1.72. The van der Waals surface area contributed by atoms with Crippen molar-refractivity contribution in [3.8, 4) is 5.75 Å². The van der Waals surface area contributed by atoms with E-state index in [1.165, 1.54) is 12.1 Å². The third-order valence-electron chi connectivity index (χ3n) is 5.50. The minimum absolute atomic E-state index is 0.123. The average molecular weight is 369 g/mol. The number of nitrogens with zero attached hydrogens (tertiary/aromatic N) is 1. The van der Waals surface area contributed by atoms with Gasteiger partial charge >= 0.3 is 0 Å². The number of fused-ring (bicyclic) bond motifs is 1. The van der Waals surface area contributed by atoms with Crippen LogP contribution in [-0.4, -0.2) is 36.8 Å². The Morgan fingerprint density at radius 1 is 1.19 bits per heavy atom. The minimum Gasteiger partial charge on any atom is -0.497 e. The van der Waals surface area contributed by atoms with Crippen LogP contribution in [0.15, 0.2) is 52.9 Å². The number of methoxy groups -OCH3 is 1. The van der Waals surface area contributed by atoms with Crippen LogP contribution in [0.25, 0.3) is 11.0 Å². The van der Waals surface area contributed by atoms with Crippen LogP contribution in [0.5, 0.6) is 5.75 Å². The normalized spacial score (nSPS) is 20.4. The van der Waals surface area contributed by atoms with Crippen molar-refractivity contribution in [1.29, 1.82) is 0 Å². The predicted octanol–water partition coefficient (Wildman–Crippen LogP) is 4.01. The molecule has 1 saturated heterocycles. The molecule has 1 N–H and O–H groups in total. The van der Waals surface area contributed by atoms with Gasteiger partial charge in [0.15, 0.2) is 0 Å². The third-order valence-corrected chi connectivity index (χ3v) is 5.50. The zero-order valence-corrected chi connectivity index (χ0v) is 15.5. The van der Waals surface area contributed by atoms with Crippen LogP contribution in [-0.2, 0) is 13.0 Å². The summed E-state index contributed by atoms with van der Waals surface area (Å²) in [5, 5.41) is 11.1. The second-order valence-corrected chi connectivity index (χ2v) is 7.54. The quantitative estimate of drug-likeness (QED) is 0.713. The van der Waals surface area contributed by atoms with Crippen LogP contribution in [0.2, 0.25) is 0 Å². The first-order valence-electron chi connectivity index (χ1n) is 9.23. The van der Waals surface area contributed by atoms with E-state index >= 15 is 0 Å². The Bertz CT molecular complexity index is 921. The van der Waals surface area contributed by atoms with E-state index in [2.05, 4.69) is 11.0 Å². The van der Waals surface area contributed by atoms with Crippen molar-refractivity contribution in [2.75, 3.05) is 26.8 Å².